The first-order valence-corrected chi connectivity index (χ1v) is 6.85. The lowest BCUT2D eigenvalue weighted by Crippen LogP contribution is -1.98. The Kier molecular flexibility index (Phi) is 3.12. The molecule has 24 heavy (non-hydrogen) atoms. The Labute approximate surface area is 133 Å². The van der Waals surface area contributed by atoms with Gasteiger partial charge in [0.25, 0.3) is 5.95 Å². The first-order valence-electron chi connectivity index (χ1n) is 6.85. The largest absolute Gasteiger partial charge is 0.433 e. The fourth-order valence-electron chi connectivity index (χ4n) is 2.23. The third kappa shape index (κ3) is 2.41. The number of H-pyrrole nitrogens is 1. The van der Waals surface area contributed by atoms with E-state index in [0.29, 0.717) is 11.2 Å². The summed E-state index contributed by atoms with van der Waals surface area (Å²) in [6.45, 7) is 0. The van der Waals surface area contributed by atoms with Crippen molar-refractivity contribution in [3.8, 4) is 0 Å². The van der Waals surface area contributed by atoms with Gasteiger partial charge in [-0.2, -0.15) is 10.1 Å². The van der Waals surface area contributed by atoms with Crippen LogP contribution in [0.3, 0.4) is 0 Å². The van der Waals surface area contributed by atoms with Crippen LogP contribution in [-0.4, -0.2) is 31.3 Å². The molecule has 10 nitrogen and oxygen atoms in total. The third-order valence-electron chi connectivity index (χ3n) is 3.27. The number of para-hydroxylation sites is 1. The Hall–Kier alpha value is -3.82. The molecule has 0 atom stereocenters. The molecule has 118 valence electrons. The predicted octanol–water partition coefficient (Wildman–Crippen LogP) is 2.45. The average molecular weight is 323 g/mol. The fourth-order valence-corrected chi connectivity index (χ4v) is 2.23. The second kappa shape index (κ2) is 5.43. The normalized spacial score (nSPS) is 11.5. The van der Waals surface area contributed by atoms with Crippen LogP contribution >= 0.6 is 0 Å². The van der Waals surface area contributed by atoms with Crippen molar-refractivity contribution >= 4 is 40.1 Å². The Balaban J connectivity index is 1.56. The summed E-state index contributed by atoms with van der Waals surface area (Å²) in [5.74, 6) is 0.0640. The smallest absolute Gasteiger partial charge is 0.400 e. The van der Waals surface area contributed by atoms with Crippen molar-refractivity contribution in [2.75, 3.05) is 5.43 Å². The van der Waals surface area contributed by atoms with Gasteiger partial charge in [0.15, 0.2) is 11.4 Å². The monoisotopic (exact) mass is 323 g/mol. The van der Waals surface area contributed by atoms with E-state index in [4.69, 9.17) is 4.42 Å². The molecule has 0 spiro atoms. The van der Waals surface area contributed by atoms with Crippen molar-refractivity contribution in [1.82, 2.24) is 20.2 Å². The highest BCUT2D eigenvalue weighted by molar-refractivity contribution is 6.03. The fraction of sp³-hybridized carbons (Fsp3) is 0. The van der Waals surface area contributed by atoms with Gasteiger partial charge in [-0.25, -0.2) is 5.43 Å². The van der Waals surface area contributed by atoms with Crippen molar-refractivity contribution in [2.24, 2.45) is 5.10 Å². The van der Waals surface area contributed by atoms with Crippen LogP contribution < -0.4 is 5.43 Å². The highest BCUT2D eigenvalue weighted by Crippen LogP contribution is 2.21. The number of hydrogen-bond donors (Lipinski definition) is 2. The maximum atomic E-state index is 10.5. The zero-order valence-corrected chi connectivity index (χ0v) is 12.0. The number of benzene rings is 1. The zero-order chi connectivity index (χ0) is 16.5. The number of hydrogen-bond acceptors (Lipinski definition) is 8. The Morgan fingerprint density at radius 1 is 1.25 bits per heavy atom. The maximum absolute atomic E-state index is 10.5. The Bertz CT molecular complexity index is 1080. The number of anilines is 1. The van der Waals surface area contributed by atoms with E-state index in [1.54, 1.807) is 0 Å². The molecule has 0 saturated carbocycles. The minimum absolute atomic E-state index is 0.186. The van der Waals surface area contributed by atoms with Gasteiger partial charge in [0.05, 0.1) is 12.3 Å². The molecule has 3 heterocycles. The maximum Gasteiger partial charge on any atom is 0.433 e. The molecule has 0 radical (unpaired) electrons. The molecule has 2 N–H and O–H groups in total. The number of fused-ring (bicyclic) bond motifs is 3. The summed E-state index contributed by atoms with van der Waals surface area (Å²) in [6, 6.07) is 10.4. The van der Waals surface area contributed by atoms with Crippen molar-refractivity contribution < 1.29 is 9.34 Å². The molecular weight excluding hydrogens is 314 g/mol. The van der Waals surface area contributed by atoms with Gasteiger partial charge in [-0.3, -0.25) is 10.1 Å². The summed E-state index contributed by atoms with van der Waals surface area (Å²) in [5, 5.41) is 23.4. The first kappa shape index (κ1) is 13.8. The molecule has 0 amide bonds. The van der Waals surface area contributed by atoms with Crippen LogP contribution in [-0.2, 0) is 0 Å². The molecule has 0 unspecified atom stereocenters. The van der Waals surface area contributed by atoms with E-state index in [9.17, 15) is 10.1 Å². The summed E-state index contributed by atoms with van der Waals surface area (Å²) in [5.41, 5.74) is 4.77. The minimum Gasteiger partial charge on any atom is -0.400 e. The van der Waals surface area contributed by atoms with Crippen LogP contribution in [0.2, 0.25) is 0 Å². The molecule has 0 aliphatic carbocycles. The van der Waals surface area contributed by atoms with E-state index in [1.807, 2.05) is 24.3 Å². The van der Waals surface area contributed by atoms with E-state index in [0.717, 1.165) is 10.9 Å². The van der Waals surface area contributed by atoms with Gasteiger partial charge in [-0.1, -0.05) is 18.2 Å². The molecule has 0 aliphatic heterocycles. The number of aromatic nitrogens is 4. The van der Waals surface area contributed by atoms with E-state index in [2.05, 4.69) is 30.7 Å². The van der Waals surface area contributed by atoms with Gasteiger partial charge < -0.3 is 9.40 Å². The molecule has 4 aromatic rings. The number of nitrogens with one attached hydrogen (secondary N) is 2. The number of nitrogens with zero attached hydrogens (tertiary/aromatic N) is 5. The molecule has 0 aliphatic rings. The number of hydrazone groups is 1. The standard InChI is InChI=1S/C14H9N7O3/c22-21(23)11-6-5-8(24-11)7-15-19-14-17-13-12(18-20-14)9-3-1-2-4-10(9)16-13/h1-7H,(H2,16,17,19,20)/b15-7-. The van der Waals surface area contributed by atoms with E-state index >= 15 is 0 Å². The summed E-state index contributed by atoms with van der Waals surface area (Å²) in [4.78, 5) is 17.3. The highest BCUT2D eigenvalue weighted by atomic mass is 16.6. The van der Waals surface area contributed by atoms with Crippen LogP contribution in [0.15, 0.2) is 45.9 Å². The topological polar surface area (TPSA) is 135 Å². The van der Waals surface area contributed by atoms with E-state index < -0.39 is 4.92 Å². The number of aromatic amines is 1. The Morgan fingerprint density at radius 2 is 2.12 bits per heavy atom. The van der Waals surface area contributed by atoms with Crippen LogP contribution in [0.25, 0.3) is 22.1 Å². The molecule has 0 bridgehead atoms. The lowest BCUT2D eigenvalue weighted by atomic mass is 10.2. The molecule has 0 saturated heterocycles. The first-order chi connectivity index (χ1) is 11.7. The summed E-state index contributed by atoms with van der Waals surface area (Å²) in [6.07, 6.45) is 1.28. The number of rotatable bonds is 4. The van der Waals surface area contributed by atoms with Crippen LogP contribution in [0.4, 0.5) is 11.8 Å². The van der Waals surface area contributed by atoms with Gasteiger partial charge in [0.2, 0.25) is 0 Å². The van der Waals surface area contributed by atoms with Gasteiger partial charge >= 0.3 is 5.88 Å². The van der Waals surface area contributed by atoms with E-state index in [-0.39, 0.29) is 17.6 Å². The number of nitro groups is 1. The van der Waals surface area contributed by atoms with Crippen LogP contribution in [0.1, 0.15) is 5.76 Å². The predicted molar refractivity (Wildman–Crippen MR) is 85.8 cm³/mol. The summed E-state index contributed by atoms with van der Waals surface area (Å²) >= 11 is 0. The zero-order valence-electron chi connectivity index (χ0n) is 12.0. The quantitative estimate of drug-likeness (QED) is 0.334. The van der Waals surface area contributed by atoms with Crippen molar-refractivity contribution in [3.05, 3.63) is 52.3 Å². The lowest BCUT2D eigenvalue weighted by molar-refractivity contribution is -0.402. The molecule has 0 fully saturated rings. The molecule has 4 rings (SSSR count). The van der Waals surface area contributed by atoms with Crippen molar-refractivity contribution in [1.29, 1.82) is 0 Å². The minimum atomic E-state index is -0.623. The average Bonchev–Trinajstić information content (AvgIpc) is 3.19. The van der Waals surface area contributed by atoms with Crippen LogP contribution in [0.5, 0.6) is 0 Å². The molecular formula is C14H9N7O3. The van der Waals surface area contributed by atoms with Crippen molar-refractivity contribution in [2.45, 2.75) is 0 Å². The van der Waals surface area contributed by atoms with Gasteiger partial charge in [-0.05, 0) is 12.1 Å². The summed E-state index contributed by atoms with van der Waals surface area (Å²) in [7, 11) is 0. The van der Waals surface area contributed by atoms with Crippen LogP contribution in [0, 0.1) is 10.1 Å². The third-order valence-corrected chi connectivity index (χ3v) is 3.27. The Morgan fingerprint density at radius 3 is 2.96 bits per heavy atom. The molecule has 3 aromatic heterocycles. The van der Waals surface area contributed by atoms with E-state index in [1.165, 1.54) is 18.3 Å². The van der Waals surface area contributed by atoms with Gasteiger partial charge in [0.1, 0.15) is 10.4 Å². The highest BCUT2D eigenvalue weighted by Gasteiger charge is 2.10. The molecule has 1 aromatic carbocycles. The van der Waals surface area contributed by atoms with Gasteiger partial charge in [-0.15, -0.1) is 10.2 Å². The lowest BCUT2D eigenvalue weighted by Gasteiger charge is -1.96. The SMILES string of the molecule is O=[N+]([O-])c1ccc(/C=N\Nc2nnc3c(n2)[nH]c2ccccc23)o1. The number of furan rings is 1. The van der Waals surface area contributed by atoms with Gasteiger partial charge in [0, 0.05) is 10.9 Å². The molecule has 10 heteroatoms. The second-order valence-electron chi connectivity index (χ2n) is 4.81. The second-order valence-corrected chi connectivity index (χ2v) is 4.81. The van der Waals surface area contributed by atoms with Crippen molar-refractivity contribution in [3.63, 3.8) is 0 Å². The summed E-state index contributed by atoms with van der Waals surface area (Å²) < 4.78 is 4.94.